The average Bonchev–Trinajstić information content (AvgIpc) is 3.11. The fraction of sp³-hybridized carbons (Fsp3) is 0.652. The lowest BCUT2D eigenvalue weighted by molar-refractivity contribution is -0.140. The maximum Gasteiger partial charge on any atom is 0.356 e. The minimum atomic E-state index is -2.67. The number of carbonyl (C=O) groups is 1. The molecule has 0 unspecified atom stereocenters. The number of fused-ring (bicyclic) bond motifs is 1. The van der Waals surface area contributed by atoms with Crippen LogP contribution in [-0.4, -0.2) is 61.2 Å². The number of alkyl halides is 2. The van der Waals surface area contributed by atoms with Crippen LogP contribution in [0.5, 0.6) is 0 Å². The summed E-state index contributed by atoms with van der Waals surface area (Å²) in [6, 6.07) is 4.64. The third-order valence-electron chi connectivity index (χ3n) is 6.19. The Morgan fingerprint density at radius 2 is 1.91 bits per heavy atom. The van der Waals surface area contributed by atoms with Crippen LogP contribution in [0, 0.1) is 11.8 Å². The van der Waals surface area contributed by atoms with Crippen molar-refractivity contribution in [1.82, 2.24) is 14.5 Å². The molecule has 178 valence electrons. The molecule has 1 aliphatic heterocycles. The highest BCUT2D eigenvalue weighted by atomic mass is 28.3. The van der Waals surface area contributed by atoms with Crippen molar-refractivity contribution >= 4 is 25.1 Å². The van der Waals surface area contributed by atoms with E-state index in [2.05, 4.69) is 24.6 Å². The number of methoxy groups -OCH3 is 1. The predicted octanol–water partition coefficient (Wildman–Crippen LogP) is 4.86. The number of nitrogens with zero attached hydrogens (tertiary/aromatic N) is 3. The number of piperidine rings is 1. The SMILES string of the molecule is COC(=O)c1cc(CN2C[C@@H](C)C(F)(F)[C@@H](C)C2)c2c(ccn2COCC[Si](C)(C)C)n1. The van der Waals surface area contributed by atoms with Gasteiger partial charge in [0.05, 0.1) is 18.1 Å². The van der Waals surface area contributed by atoms with Crippen LogP contribution in [0.3, 0.4) is 0 Å². The van der Waals surface area contributed by atoms with Crippen LogP contribution in [0.2, 0.25) is 25.7 Å². The summed E-state index contributed by atoms with van der Waals surface area (Å²) in [5, 5.41) is 0. The Labute approximate surface area is 189 Å². The van der Waals surface area contributed by atoms with Crippen molar-refractivity contribution in [3.8, 4) is 0 Å². The molecule has 1 saturated heterocycles. The average molecular weight is 468 g/mol. The number of aromatic nitrogens is 2. The minimum absolute atomic E-state index is 0.218. The largest absolute Gasteiger partial charge is 0.464 e. The number of halogens is 2. The van der Waals surface area contributed by atoms with Gasteiger partial charge < -0.3 is 14.0 Å². The molecule has 2 aromatic heterocycles. The van der Waals surface area contributed by atoms with Crippen LogP contribution in [0.4, 0.5) is 8.78 Å². The first-order valence-corrected chi connectivity index (χ1v) is 14.9. The number of pyridine rings is 1. The Bertz CT molecular complexity index is 944. The van der Waals surface area contributed by atoms with E-state index in [1.165, 1.54) is 7.11 Å². The molecular formula is C23H35F2N3O3Si. The molecule has 1 fully saturated rings. The summed E-state index contributed by atoms with van der Waals surface area (Å²) in [5.41, 5.74) is 2.61. The summed E-state index contributed by atoms with van der Waals surface area (Å²) in [6.07, 6.45) is 1.90. The van der Waals surface area contributed by atoms with Crippen molar-refractivity contribution in [3.05, 3.63) is 29.6 Å². The summed E-state index contributed by atoms with van der Waals surface area (Å²) in [6.45, 7) is 12.2. The first kappa shape index (κ1) is 24.8. The first-order chi connectivity index (χ1) is 14.9. The van der Waals surface area contributed by atoms with Gasteiger partial charge in [-0.15, -0.1) is 0 Å². The molecule has 1 aliphatic rings. The van der Waals surface area contributed by atoms with Gasteiger partial charge in [-0.1, -0.05) is 33.5 Å². The Morgan fingerprint density at radius 1 is 1.25 bits per heavy atom. The Hall–Kier alpha value is -1.84. The normalized spacial score (nSPS) is 21.8. The molecule has 2 aromatic rings. The monoisotopic (exact) mass is 467 g/mol. The summed E-state index contributed by atoms with van der Waals surface area (Å²) in [4.78, 5) is 18.7. The minimum Gasteiger partial charge on any atom is -0.464 e. The second-order valence-electron chi connectivity index (χ2n) is 10.2. The van der Waals surface area contributed by atoms with Crippen LogP contribution in [0.25, 0.3) is 11.0 Å². The second kappa shape index (κ2) is 9.57. The van der Waals surface area contributed by atoms with Gasteiger partial charge in [-0.05, 0) is 23.7 Å². The number of esters is 1. The molecule has 3 heterocycles. The van der Waals surface area contributed by atoms with Gasteiger partial charge in [0.2, 0.25) is 0 Å². The van der Waals surface area contributed by atoms with Crippen molar-refractivity contribution in [2.75, 3.05) is 26.8 Å². The zero-order chi connectivity index (χ0) is 23.7. The van der Waals surface area contributed by atoms with Crippen molar-refractivity contribution in [3.63, 3.8) is 0 Å². The second-order valence-corrected chi connectivity index (χ2v) is 15.8. The van der Waals surface area contributed by atoms with E-state index in [-0.39, 0.29) is 5.69 Å². The molecule has 0 spiro atoms. The molecule has 0 aliphatic carbocycles. The Kier molecular flexibility index (Phi) is 7.41. The van der Waals surface area contributed by atoms with Crippen LogP contribution in [0.15, 0.2) is 18.3 Å². The van der Waals surface area contributed by atoms with Crippen LogP contribution < -0.4 is 0 Å². The summed E-state index contributed by atoms with van der Waals surface area (Å²) in [5.74, 6) is -4.66. The lowest BCUT2D eigenvalue weighted by Crippen LogP contribution is -2.51. The predicted molar refractivity (Wildman–Crippen MR) is 124 cm³/mol. The van der Waals surface area contributed by atoms with Crippen molar-refractivity contribution in [2.45, 2.75) is 58.7 Å². The van der Waals surface area contributed by atoms with Gasteiger partial charge in [0.1, 0.15) is 12.4 Å². The molecule has 0 radical (unpaired) electrons. The maximum atomic E-state index is 14.3. The quantitative estimate of drug-likeness (QED) is 0.315. The number of hydrogen-bond acceptors (Lipinski definition) is 5. The van der Waals surface area contributed by atoms with Crippen LogP contribution in [-0.2, 0) is 22.7 Å². The van der Waals surface area contributed by atoms with Gasteiger partial charge in [-0.3, -0.25) is 4.90 Å². The molecule has 32 heavy (non-hydrogen) atoms. The topological polar surface area (TPSA) is 56.6 Å². The van der Waals surface area contributed by atoms with Crippen molar-refractivity contribution in [1.29, 1.82) is 0 Å². The molecule has 2 atom stereocenters. The third-order valence-corrected chi connectivity index (χ3v) is 7.90. The van der Waals surface area contributed by atoms with Gasteiger partial charge in [0, 0.05) is 52.3 Å². The zero-order valence-electron chi connectivity index (χ0n) is 20.0. The van der Waals surface area contributed by atoms with Gasteiger partial charge in [0.15, 0.2) is 0 Å². The molecule has 0 aromatic carbocycles. The van der Waals surface area contributed by atoms with Crippen molar-refractivity contribution in [2.24, 2.45) is 11.8 Å². The van der Waals surface area contributed by atoms with Crippen LogP contribution in [0.1, 0.15) is 29.9 Å². The Balaban J connectivity index is 1.88. The van der Waals surface area contributed by atoms with Gasteiger partial charge in [0.25, 0.3) is 5.92 Å². The lowest BCUT2D eigenvalue weighted by atomic mass is 9.87. The smallest absolute Gasteiger partial charge is 0.356 e. The fourth-order valence-electron chi connectivity index (χ4n) is 4.22. The van der Waals surface area contributed by atoms with Crippen molar-refractivity contribution < 1.29 is 23.0 Å². The van der Waals surface area contributed by atoms with Crippen LogP contribution >= 0.6 is 0 Å². The van der Waals surface area contributed by atoms with E-state index in [0.29, 0.717) is 38.5 Å². The molecular weight excluding hydrogens is 432 g/mol. The molecule has 9 heteroatoms. The number of rotatable bonds is 8. The van der Waals surface area contributed by atoms with E-state index in [0.717, 1.165) is 17.1 Å². The molecule has 0 bridgehead atoms. The van der Waals surface area contributed by atoms with E-state index in [4.69, 9.17) is 9.47 Å². The van der Waals surface area contributed by atoms with E-state index >= 15 is 0 Å². The summed E-state index contributed by atoms with van der Waals surface area (Å²) in [7, 11) is 0.132. The molecule has 3 rings (SSSR count). The van der Waals surface area contributed by atoms with E-state index in [1.54, 1.807) is 19.9 Å². The Morgan fingerprint density at radius 3 is 2.50 bits per heavy atom. The molecule has 0 saturated carbocycles. The number of carbonyl (C=O) groups excluding carboxylic acids is 1. The summed E-state index contributed by atoms with van der Waals surface area (Å²) >= 11 is 0. The van der Waals surface area contributed by atoms with Gasteiger partial charge >= 0.3 is 5.97 Å². The summed E-state index contributed by atoms with van der Waals surface area (Å²) < 4.78 is 41.4. The highest BCUT2D eigenvalue weighted by Gasteiger charge is 2.46. The van der Waals surface area contributed by atoms with E-state index in [9.17, 15) is 13.6 Å². The standard InChI is InChI=1S/C23H35F2N3O3Si/c1-16-12-27(13-17(2)23(16,24)25)14-18-11-20(22(29)30-3)26-19-7-8-28(21(18)19)15-31-9-10-32(4,5)6/h7-8,11,16-17H,9-10,12-15H2,1-6H3/t16-,17+. The lowest BCUT2D eigenvalue weighted by Gasteiger charge is -2.41. The third kappa shape index (κ3) is 5.55. The number of hydrogen-bond donors (Lipinski definition) is 0. The van der Waals surface area contributed by atoms with E-state index < -0.39 is 31.8 Å². The maximum absolute atomic E-state index is 14.3. The fourth-order valence-corrected chi connectivity index (χ4v) is 4.98. The number of likely N-dealkylation sites (tertiary alicyclic amines) is 1. The number of ether oxygens (including phenoxy) is 2. The molecule has 0 amide bonds. The van der Waals surface area contributed by atoms with E-state index in [1.807, 2.05) is 21.7 Å². The molecule has 6 nitrogen and oxygen atoms in total. The first-order valence-electron chi connectivity index (χ1n) is 11.2. The highest BCUT2D eigenvalue weighted by molar-refractivity contribution is 6.76. The molecule has 0 N–H and O–H groups in total. The van der Waals surface area contributed by atoms with Gasteiger partial charge in [-0.25, -0.2) is 18.6 Å². The zero-order valence-corrected chi connectivity index (χ0v) is 21.0. The highest BCUT2D eigenvalue weighted by Crippen LogP contribution is 2.38. The van der Waals surface area contributed by atoms with Gasteiger partial charge in [-0.2, -0.15) is 0 Å².